The molecule has 0 aliphatic rings. The number of carbonyl (C=O) groups excluding carboxylic acids is 2. The quantitative estimate of drug-likeness (QED) is 0.0355. The van der Waals surface area contributed by atoms with Crippen LogP contribution in [0.5, 0.6) is 0 Å². The summed E-state index contributed by atoms with van der Waals surface area (Å²) in [5, 5.41) is 0. The highest BCUT2D eigenvalue weighted by molar-refractivity contribution is 5.70. The molecule has 306 valence electrons. The van der Waals surface area contributed by atoms with E-state index in [1.165, 1.54) is 167 Å². The van der Waals surface area contributed by atoms with Crippen LogP contribution in [0.4, 0.5) is 0 Å². The SMILES string of the molecule is CCCC/C=C\CCCCCCCCOCC(COC(=O)CCCCCCCCC/C=C\CCCCCCCC)OC(=O)CCCCCCCCC. The molecule has 0 saturated carbocycles. The summed E-state index contributed by atoms with van der Waals surface area (Å²) < 4.78 is 17.2. The molecule has 5 nitrogen and oxygen atoms in total. The fraction of sp³-hybridized carbons (Fsp3) is 0.872. The lowest BCUT2D eigenvalue weighted by Crippen LogP contribution is -2.30. The van der Waals surface area contributed by atoms with E-state index in [2.05, 4.69) is 45.1 Å². The minimum absolute atomic E-state index is 0.0852. The normalized spacial score (nSPS) is 12.3. The lowest BCUT2D eigenvalue weighted by atomic mass is 10.1. The fourth-order valence-corrected chi connectivity index (χ4v) is 6.48. The number of carbonyl (C=O) groups is 2. The Morgan fingerprint density at radius 3 is 1.23 bits per heavy atom. The molecular formula is C47H88O5. The molecule has 0 aliphatic carbocycles. The molecule has 1 unspecified atom stereocenters. The highest BCUT2D eigenvalue weighted by Gasteiger charge is 2.17. The lowest BCUT2D eigenvalue weighted by Gasteiger charge is -2.18. The lowest BCUT2D eigenvalue weighted by molar-refractivity contribution is -0.163. The smallest absolute Gasteiger partial charge is 0.306 e. The fourth-order valence-electron chi connectivity index (χ4n) is 6.48. The van der Waals surface area contributed by atoms with Crippen LogP contribution in [0.25, 0.3) is 0 Å². The van der Waals surface area contributed by atoms with Gasteiger partial charge in [0.1, 0.15) is 6.61 Å². The van der Waals surface area contributed by atoms with Gasteiger partial charge < -0.3 is 14.2 Å². The van der Waals surface area contributed by atoms with Crippen molar-refractivity contribution in [3.05, 3.63) is 24.3 Å². The molecule has 0 rings (SSSR count). The summed E-state index contributed by atoms with van der Waals surface area (Å²) in [5.74, 6) is -0.403. The van der Waals surface area contributed by atoms with Gasteiger partial charge in [0, 0.05) is 19.4 Å². The van der Waals surface area contributed by atoms with Crippen molar-refractivity contribution in [3.63, 3.8) is 0 Å². The number of hydrogen-bond acceptors (Lipinski definition) is 5. The van der Waals surface area contributed by atoms with E-state index in [9.17, 15) is 9.59 Å². The van der Waals surface area contributed by atoms with E-state index in [1.807, 2.05) is 0 Å². The van der Waals surface area contributed by atoms with Crippen LogP contribution in [0.1, 0.15) is 239 Å². The number of allylic oxidation sites excluding steroid dienone is 4. The van der Waals surface area contributed by atoms with Crippen molar-refractivity contribution in [1.29, 1.82) is 0 Å². The number of esters is 2. The molecule has 0 spiro atoms. The molecule has 0 radical (unpaired) electrons. The molecular weight excluding hydrogens is 645 g/mol. The van der Waals surface area contributed by atoms with Gasteiger partial charge in [0.25, 0.3) is 0 Å². The third-order valence-corrected chi connectivity index (χ3v) is 9.96. The van der Waals surface area contributed by atoms with E-state index < -0.39 is 6.10 Å². The minimum Gasteiger partial charge on any atom is -0.462 e. The second-order valence-electron chi connectivity index (χ2n) is 15.3. The minimum atomic E-state index is -0.531. The molecule has 52 heavy (non-hydrogen) atoms. The van der Waals surface area contributed by atoms with E-state index >= 15 is 0 Å². The van der Waals surface area contributed by atoms with Gasteiger partial charge in [0.05, 0.1) is 6.61 Å². The summed E-state index contributed by atoms with van der Waals surface area (Å²) in [6.45, 7) is 7.76. The van der Waals surface area contributed by atoms with E-state index in [-0.39, 0.29) is 25.2 Å². The molecule has 0 N–H and O–H groups in total. The van der Waals surface area contributed by atoms with Gasteiger partial charge in [0.15, 0.2) is 6.10 Å². The summed E-state index contributed by atoms with van der Waals surface area (Å²) in [7, 11) is 0. The van der Waals surface area contributed by atoms with Crippen LogP contribution < -0.4 is 0 Å². The molecule has 0 aliphatic heterocycles. The maximum Gasteiger partial charge on any atom is 0.306 e. The molecule has 1 atom stereocenters. The predicted octanol–water partition coefficient (Wildman–Crippen LogP) is 14.9. The third-order valence-electron chi connectivity index (χ3n) is 9.96. The largest absolute Gasteiger partial charge is 0.462 e. The van der Waals surface area contributed by atoms with Crippen LogP contribution in [-0.4, -0.2) is 37.9 Å². The molecule has 0 amide bonds. The predicted molar refractivity (Wildman–Crippen MR) is 224 cm³/mol. The molecule has 0 aromatic carbocycles. The number of unbranched alkanes of at least 4 members (excludes halogenated alkanes) is 27. The first-order valence-corrected chi connectivity index (χ1v) is 22.9. The first-order chi connectivity index (χ1) is 25.6. The Morgan fingerprint density at radius 1 is 0.404 bits per heavy atom. The Labute approximate surface area is 324 Å². The van der Waals surface area contributed by atoms with Crippen LogP contribution in [0.2, 0.25) is 0 Å². The van der Waals surface area contributed by atoms with Crippen molar-refractivity contribution in [2.75, 3.05) is 19.8 Å². The van der Waals surface area contributed by atoms with Crippen LogP contribution in [0, 0.1) is 0 Å². The zero-order chi connectivity index (χ0) is 37.8. The molecule has 5 heteroatoms. The highest BCUT2D eigenvalue weighted by atomic mass is 16.6. The monoisotopic (exact) mass is 733 g/mol. The number of ether oxygens (including phenoxy) is 3. The Hall–Kier alpha value is -1.62. The van der Waals surface area contributed by atoms with Gasteiger partial charge in [-0.25, -0.2) is 0 Å². The number of hydrogen-bond donors (Lipinski definition) is 0. The first-order valence-electron chi connectivity index (χ1n) is 22.9. The zero-order valence-electron chi connectivity index (χ0n) is 35.1. The van der Waals surface area contributed by atoms with Crippen molar-refractivity contribution in [2.24, 2.45) is 0 Å². The van der Waals surface area contributed by atoms with Gasteiger partial charge >= 0.3 is 11.9 Å². The van der Waals surface area contributed by atoms with Gasteiger partial charge in [-0.05, 0) is 64.2 Å². The van der Waals surface area contributed by atoms with Crippen molar-refractivity contribution in [2.45, 2.75) is 245 Å². The zero-order valence-corrected chi connectivity index (χ0v) is 35.1. The van der Waals surface area contributed by atoms with Crippen LogP contribution in [0.15, 0.2) is 24.3 Å². The van der Waals surface area contributed by atoms with Crippen molar-refractivity contribution < 1.29 is 23.8 Å². The summed E-state index contributed by atoms with van der Waals surface area (Å²) in [4.78, 5) is 25.1. The van der Waals surface area contributed by atoms with Gasteiger partial charge in [-0.3, -0.25) is 9.59 Å². The molecule has 0 aromatic rings. The summed E-state index contributed by atoms with van der Waals surface area (Å²) >= 11 is 0. The Bertz CT molecular complexity index is 791. The summed E-state index contributed by atoms with van der Waals surface area (Å²) in [6, 6.07) is 0. The van der Waals surface area contributed by atoms with Crippen molar-refractivity contribution in [3.8, 4) is 0 Å². The maximum atomic E-state index is 12.6. The molecule has 0 heterocycles. The molecule has 0 fully saturated rings. The van der Waals surface area contributed by atoms with Gasteiger partial charge in [-0.15, -0.1) is 0 Å². The van der Waals surface area contributed by atoms with E-state index in [4.69, 9.17) is 14.2 Å². The number of rotatable bonds is 42. The first kappa shape index (κ1) is 50.4. The van der Waals surface area contributed by atoms with Gasteiger partial charge in [0.2, 0.25) is 0 Å². The second-order valence-corrected chi connectivity index (χ2v) is 15.3. The Kier molecular flexibility index (Phi) is 42.4. The second kappa shape index (κ2) is 43.8. The van der Waals surface area contributed by atoms with Crippen molar-refractivity contribution >= 4 is 11.9 Å². The highest BCUT2D eigenvalue weighted by Crippen LogP contribution is 2.14. The van der Waals surface area contributed by atoms with E-state index in [0.717, 1.165) is 38.5 Å². The topological polar surface area (TPSA) is 61.8 Å². The van der Waals surface area contributed by atoms with Crippen molar-refractivity contribution in [1.82, 2.24) is 0 Å². The van der Waals surface area contributed by atoms with Gasteiger partial charge in [-0.1, -0.05) is 186 Å². The average molecular weight is 733 g/mol. The molecule has 0 aromatic heterocycles. The molecule has 0 bridgehead atoms. The van der Waals surface area contributed by atoms with Crippen LogP contribution in [-0.2, 0) is 23.8 Å². The Morgan fingerprint density at radius 2 is 0.769 bits per heavy atom. The van der Waals surface area contributed by atoms with E-state index in [1.54, 1.807) is 0 Å². The molecule has 0 saturated heterocycles. The summed E-state index contributed by atoms with van der Waals surface area (Å²) in [6.07, 6.45) is 49.0. The Balaban J connectivity index is 4.11. The van der Waals surface area contributed by atoms with Crippen LogP contribution in [0.3, 0.4) is 0 Å². The standard InChI is InChI=1S/C47H88O5/c1-4-7-10-13-16-18-20-22-23-24-25-26-27-29-32-34-37-40-46(48)51-44-45(52-47(49)41-38-35-31-15-12-9-6-3)43-50-42-39-36-33-30-28-21-19-17-14-11-8-5-2/h14,17,22-23,45H,4-13,15-16,18-21,24-44H2,1-3H3/b17-14-,23-22-. The maximum absolute atomic E-state index is 12.6. The van der Waals surface area contributed by atoms with Crippen LogP contribution >= 0.6 is 0 Å². The average Bonchev–Trinajstić information content (AvgIpc) is 3.14. The van der Waals surface area contributed by atoms with E-state index in [0.29, 0.717) is 19.4 Å². The van der Waals surface area contributed by atoms with Gasteiger partial charge in [-0.2, -0.15) is 0 Å². The third kappa shape index (κ3) is 41.1. The summed E-state index contributed by atoms with van der Waals surface area (Å²) in [5.41, 5.74) is 0.